The van der Waals surface area contributed by atoms with Crippen molar-refractivity contribution in [2.24, 2.45) is 0 Å². The molecule has 4 rings (SSSR count). The number of rotatable bonds is 8. The highest BCUT2D eigenvalue weighted by atomic mass is 16.5. The van der Waals surface area contributed by atoms with Crippen LogP contribution < -0.4 is 19.7 Å². The van der Waals surface area contributed by atoms with E-state index in [1.165, 1.54) is 0 Å². The van der Waals surface area contributed by atoms with Crippen LogP contribution in [0.4, 0.5) is 5.69 Å². The van der Waals surface area contributed by atoms with E-state index in [0.717, 1.165) is 44.7 Å². The van der Waals surface area contributed by atoms with E-state index < -0.39 is 0 Å². The number of fused-ring (bicyclic) bond motifs is 2. The molecule has 2 aliphatic heterocycles. The topological polar surface area (TPSA) is 87.2 Å². The zero-order chi connectivity index (χ0) is 23.9. The minimum Gasteiger partial charge on any atom is -0.493 e. The third-order valence-electron chi connectivity index (χ3n) is 6.29. The van der Waals surface area contributed by atoms with Crippen molar-refractivity contribution in [1.82, 2.24) is 20.1 Å². The van der Waals surface area contributed by atoms with Gasteiger partial charge >= 0.3 is 0 Å². The molecule has 182 valence electrons. The van der Waals surface area contributed by atoms with E-state index in [1.807, 2.05) is 18.2 Å². The standard InChI is InChI=1S/C25H33N5O4/c1-28-14-16-29(17-15-28)13-5-12-26-22(31)9-10-23(32)30-18-19-6-3-8-21(33-2)24(19)34-25-20(30)7-4-11-27-25/h3-4,6-8,11H,5,9-10,12-18H2,1-2H3,(H,26,31). The summed E-state index contributed by atoms with van der Waals surface area (Å²) < 4.78 is 11.5. The molecule has 2 amide bonds. The number of amides is 2. The van der Waals surface area contributed by atoms with E-state index in [4.69, 9.17) is 9.47 Å². The first-order valence-electron chi connectivity index (χ1n) is 11.8. The Bertz CT molecular complexity index is 1010. The zero-order valence-corrected chi connectivity index (χ0v) is 20.0. The summed E-state index contributed by atoms with van der Waals surface area (Å²) in [7, 11) is 3.72. The third-order valence-corrected chi connectivity index (χ3v) is 6.29. The van der Waals surface area contributed by atoms with Gasteiger partial charge in [-0.25, -0.2) is 4.98 Å². The van der Waals surface area contributed by atoms with E-state index in [-0.39, 0.29) is 24.7 Å². The van der Waals surface area contributed by atoms with Crippen LogP contribution in [-0.4, -0.2) is 80.0 Å². The van der Waals surface area contributed by atoms with Crippen LogP contribution in [0.2, 0.25) is 0 Å². The summed E-state index contributed by atoms with van der Waals surface area (Å²) >= 11 is 0. The molecule has 0 atom stereocenters. The Morgan fingerprint density at radius 2 is 1.94 bits per heavy atom. The molecule has 9 nitrogen and oxygen atoms in total. The molecule has 3 heterocycles. The molecule has 0 saturated carbocycles. The molecule has 0 unspecified atom stereocenters. The van der Waals surface area contributed by atoms with Gasteiger partial charge in [-0.3, -0.25) is 9.59 Å². The number of benzene rings is 1. The van der Waals surface area contributed by atoms with Gasteiger partial charge in [0.2, 0.25) is 17.7 Å². The Kier molecular flexibility index (Phi) is 7.97. The Labute approximate surface area is 200 Å². The van der Waals surface area contributed by atoms with Crippen LogP contribution >= 0.6 is 0 Å². The number of hydrogen-bond acceptors (Lipinski definition) is 7. The second-order valence-electron chi connectivity index (χ2n) is 8.71. The van der Waals surface area contributed by atoms with Crippen molar-refractivity contribution in [2.45, 2.75) is 25.8 Å². The van der Waals surface area contributed by atoms with E-state index >= 15 is 0 Å². The summed E-state index contributed by atoms with van der Waals surface area (Å²) in [6.07, 6.45) is 2.78. The molecule has 1 fully saturated rings. The monoisotopic (exact) mass is 467 g/mol. The lowest BCUT2D eigenvalue weighted by Crippen LogP contribution is -2.45. The van der Waals surface area contributed by atoms with E-state index in [2.05, 4.69) is 27.1 Å². The first kappa shape index (κ1) is 24.0. The molecule has 2 aliphatic rings. The number of nitrogens with zero attached hydrogens (tertiary/aromatic N) is 4. The van der Waals surface area contributed by atoms with Gasteiger partial charge in [0.05, 0.1) is 13.7 Å². The Balaban J connectivity index is 1.31. The van der Waals surface area contributed by atoms with Crippen LogP contribution in [0.3, 0.4) is 0 Å². The Morgan fingerprint density at radius 1 is 1.12 bits per heavy atom. The molecule has 0 radical (unpaired) electrons. The summed E-state index contributed by atoms with van der Waals surface area (Å²) in [5, 5.41) is 2.95. The number of methoxy groups -OCH3 is 1. The molecule has 0 bridgehead atoms. The van der Waals surface area contributed by atoms with Crippen LogP contribution in [0.15, 0.2) is 36.5 Å². The van der Waals surface area contributed by atoms with Gasteiger partial charge in [0.15, 0.2) is 11.5 Å². The lowest BCUT2D eigenvalue weighted by molar-refractivity contribution is -0.125. The van der Waals surface area contributed by atoms with Crippen molar-refractivity contribution in [3.8, 4) is 17.4 Å². The van der Waals surface area contributed by atoms with E-state index in [1.54, 1.807) is 30.3 Å². The molecule has 1 saturated heterocycles. The third kappa shape index (κ3) is 5.84. The van der Waals surface area contributed by atoms with Gasteiger partial charge < -0.3 is 29.5 Å². The van der Waals surface area contributed by atoms with Gasteiger partial charge in [-0.15, -0.1) is 0 Å². The highest BCUT2D eigenvalue weighted by Crippen LogP contribution is 2.42. The normalized spacial score (nSPS) is 16.1. The SMILES string of the molecule is COc1cccc2c1Oc1ncccc1N(C(=O)CCC(=O)NCCCN1CCN(C)CC1)C2. The van der Waals surface area contributed by atoms with Gasteiger partial charge in [-0.1, -0.05) is 12.1 Å². The summed E-state index contributed by atoms with van der Waals surface area (Å²) in [6, 6.07) is 9.15. The average Bonchev–Trinajstić information content (AvgIpc) is 3.03. The van der Waals surface area contributed by atoms with E-state index in [0.29, 0.717) is 36.2 Å². The van der Waals surface area contributed by atoms with Crippen LogP contribution in [0, 0.1) is 0 Å². The molecule has 9 heteroatoms. The lowest BCUT2D eigenvalue weighted by Gasteiger charge is -2.32. The van der Waals surface area contributed by atoms with Gasteiger partial charge in [0.1, 0.15) is 5.69 Å². The molecule has 1 aromatic carbocycles. The van der Waals surface area contributed by atoms with Gasteiger partial charge in [-0.05, 0) is 38.2 Å². The van der Waals surface area contributed by atoms with Crippen LogP contribution in [0.1, 0.15) is 24.8 Å². The maximum Gasteiger partial charge on any atom is 0.243 e. The van der Waals surface area contributed by atoms with Crippen LogP contribution in [0.25, 0.3) is 0 Å². The molecule has 0 spiro atoms. The first-order chi connectivity index (χ1) is 16.5. The number of para-hydroxylation sites is 1. The highest BCUT2D eigenvalue weighted by Gasteiger charge is 2.28. The number of carbonyl (C=O) groups excluding carboxylic acids is 2. The second-order valence-corrected chi connectivity index (χ2v) is 8.71. The van der Waals surface area contributed by atoms with Crippen molar-refractivity contribution in [2.75, 3.05) is 58.3 Å². The molecule has 34 heavy (non-hydrogen) atoms. The quantitative estimate of drug-likeness (QED) is 0.596. The minimum atomic E-state index is -0.152. The summed E-state index contributed by atoms with van der Waals surface area (Å²) in [6.45, 7) is 6.24. The molecule has 0 aliphatic carbocycles. The molecule has 2 aromatic rings. The van der Waals surface area contributed by atoms with Gasteiger partial charge in [-0.2, -0.15) is 0 Å². The lowest BCUT2D eigenvalue weighted by atomic mass is 10.1. The Morgan fingerprint density at radius 3 is 2.74 bits per heavy atom. The second kappa shape index (κ2) is 11.3. The number of likely N-dealkylation sites (N-methyl/N-ethyl adjacent to an activating group) is 1. The summed E-state index contributed by atoms with van der Waals surface area (Å²) in [5.74, 6) is 1.22. The van der Waals surface area contributed by atoms with Crippen LogP contribution in [-0.2, 0) is 16.1 Å². The predicted molar refractivity (Wildman–Crippen MR) is 129 cm³/mol. The van der Waals surface area contributed by atoms with Crippen molar-refractivity contribution in [1.29, 1.82) is 0 Å². The van der Waals surface area contributed by atoms with Crippen molar-refractivity contribution in [3.05, 3.63) is 42.1 Å². The van der Waals surface area contributed by atoms with Crippen molar-refractivity contribution in [3.63, 3.8) is 0 Å². The molecule has 1 aromatic heterocycles. The predicted octanol–water partition coefficient (Wildman–Crippen LogP) is 2.26. The number of aromatic nitrogens is 1. The van der Waals surface area contributed by atoms with Gasteiger partial charge in [0, 0.05) is 57.3 Å². The molecular formula is C25H33N5O4. The number of nitrogens with one attached hydrogen (secondary N) is 1. The van der Waals surface area contributed by atoms with E-state index in [9.17, 15) is 9.59 Å². The number of carbonyl (C=O) groups is 2. The largest absolute Gasteiger partial charge is 0.493 e. The molecule has 1 N–H and O–H groups in total. The number of pyridine rings is 1. The van der Waals surface area contributed by atoms with Crippen molar-refractivity contribution < 1.29 is 19.1 Å². The highest BCUT2D eigenvalue weighted by molar-refractivity contribution is 5.96. The summed E-state index contributed by atoms with van der Waals surface area (Å²) in [5.41, 5.74) is 1.40. The van der Waals surface area contributed by atoms with Gasteiger partial charge in [0.25, 0.3) is 0 Å². The molecular weight excluding hydrogens is 434 g/mol. The zero-order valence-electron chi connectivity index (χ0n) is 20.0. The first-order valence-corrected chi connectivity index (χ1v) is 11.8. The smallest absolute Gasteiger partial charge is 0.243 e. The minimum absolute atomic E-state index is 0.105. The van der Waals surface area contributed by atoms with Crippen molar-refractivity contribution >= 4 is 17.5 Å². The van der Waals surface area contributed by atoms with Crippen LogP contribution in [0.5, 0.6) is 17.4 Å². The number of anilines is 1. The number of piperazine rings is 1. The fraction of sp³-hybridized carbons (Fsp3) is 0.480. The Hall–Kier alpha value is -3.17. The maximum absolute atomic E-state index is 13.2. The maximum atomic E-state index is 13.2. The fourth-order valence-electron chi connectivity index (χ4n) is 4.25. The average molecular weight is 468 g/mol. The summed E-state index contributed by atoms with van der Waals surface area (Å²) in [4.78, 5) is 36.2. The number of hydrogen-bond donors (Lipinski definition) is 1. The fourth-order valence-corrected chi connectivity index (χ4v) is 4.25. The number of ether oxygens (including phenoxy) is 2.